The van der Waals surface area contributed by atoms with Crippen molar-refractivity contribution in [1.29, 1.82) is 0 Å². The molecule has 2 heteroatoms. The van der Waals surface area contributed by atoms with Crippen LogP contribution in [0.1, 0.15) is 13.3 Å². The standard InChI is InChI=1S/C6H10O2/c1-6-4-7-3-2-5(6)8-6/h5H,2-4H2,1H3/t5-,6+/m1/s1. The zero-order valence-corrected chi connectivity index (χ0v) is 5.02. The summed E-state index contributed by atoms with van der Waals surface area (Å²) in [6.07, 6.45) is 1.62. The van der Waals surface area contributed by atoms with Gasteiger partial charge in [0.05, 0.1) is 12.7 Å². The first-order chi connectivity index (χ1) is 3.81. The van der Waals surface area contributed by atoms with Crippen LogP contribution in [0, 0.1) is 0 Å². The van der Waals surface area contributed by atoms with Crippen LogP contribution in [0.4, 0.5) is 0 Å². The number of ether oxygens (including phenoxy) is 2. The van der Waals surface area contributed by atoms with Crippen molar-refractivity contribution >= 4 is 0 Å². The molecule has 2 atom stereocenters. The Bertz CT molecular complexity index is 111. The van der Waals surface area contributed by atoms with Gasteiger partial charge in [0.15, 0.2) is 0 Å². The van der Waals surface area contributed by atoms with Crippen molar-refractivity contribution in [1.82, 2.24) is 0 Å². The van der Waals surface area contributed by atoms with Gasteiger partial charge in [0.1, 0.15) is 5.60 Å². The number of rotatable bonds is 0. The van der Waals surface area contributed by atoms with E-state index >= 15 is 0 Å². The van der Waals surface area contributed by atoms with E-state index in [4.69, 9.17) is 9.47 Å². The van der Waals surface area contributed by atoms with Gasteiger partial charge >= 0.3 is 0 Å². The monoisotopic (exact) mass is 114 g/mol. The first-order valence-electron chi connectivity index (χ1n) is 3.07. The molecule has 8 heavy (non-hydrogen) atoms. The highest BCUT2D eigenvalue weighted by molar-refractivity contribution is 5.00. The van der Waals surface area contributed by atoms with Crippen LogP contribution in [0.25, 0.3) is 0 Å². The summed E-state index contributed by atoms with van der Waals surface area (Å²) in [5, 5.41) is 0. The Hall–Kier alpha value is -0.0800. The predicted octanol–water partition coefficient (Wildman–Crippen LogP) is 0.564. The van der Waals surface area contributed by atoms with E-state index in [9.17, 15) is 0 Å². The summed E-state index contributed by atoms with van der Waals surface area (Å²) in [5.41, 5.74) is 0.123. The van der Waals surface area contributed by atoms with Crippen molar-refractivity contribution in [3.63, 3.8) is 0 Å². The molecule has 0 bridgehead atoms. The molecule has 0 aromatic heterocycles. The molecule has 2 rings (SSSR count). The second kappa shape index (κ2) is 1.25. The van der Waals surface area contributed by atoms with E-state index in [1.807, 2.05) is 0 Å². The Morgan fingerprint density at radius 1 is 1.62 bits per heavy atom. The van der Waals surface area contributed by atoms with Crippen LogP contribution in [-0.2, 0) is 9.47 Å². The molecular formula is C6H10O2. The van der Waals surface area contributed by atoms with Crippen LogP contribution in [0.15, 0.2) is 0 Å². The lowest BCUT2D eigenvalue weighted by Gasteiger charge is -2.11. The van der Waals surface area contributed by atoms with Gasteiger partial charge in [0.25, 0.3) is 0 Å². The van der Waals surface area contributed by atoms with Crippen LogP contribution in [-0.4, -0.2) is 24.9 Å². The highest BCUT2D eigenvalue weighted by Gasteiger charge is 2.53. The van der Waals surface area contributed by atoms with Crippen molar-refractivity contribution in [3.05, 3.63) is 0 Å². The molecule has 0 saturated carbocycles. The van der Waals surface area contributed by atoms with Gasteiger partial charge in [-0.05, 0) is 13.3 Å². The van der Waals surface area contributed by atoms with Crippen LogP contribution in [0.3, 0.4) is 0 Å². The van der Waals surface area contributed by atoms with Gasteiger partial charge in [-0.1, -0.05) is 0 Å². The summed E-state index contributed by atoms with van der Waals surface area (Å²) < 4.78 is 10.5. The molecular weight excluding hydrogens is 104 g/mol. The molecule has 2 nitrogen and oxygen atoms in total. The largest absolute Gasteiger partial charge is 0.378 e. The van der Waals surface area contributed by atoms with Crippen LogP contribution in [0.2, 0.25) is 0 Å². The summed E-state index contributed by atoms with van der Waals surface area (Å²) >= 11 is 0. The predicted molar refractivity (Wildman–Crippen MR) is 28.7 cm³/mol. The van der Waals surface area contributed by atoms with E-state index in [1.54, 1.807) is 0 Å². The van der Waals surface area contributed by atoms with E-state index < -0.39 is 0 Å². The SMILES string of the molecule is C[C@]12COCC[C@H]1O2. The molecule has 0 unspecified atom stereocenters. The Morgan fingerprint density at radius 3 is 3.00 bits per heavy atom. The van der Waals surface area contributed by atoms with Crippen LogP contribution < -0.4 is 0 Å². The minimum atomic E-state index is 0.123. The maximum absolute atomic E-state index is 5.34. The molecule has 0 aromatic carbocycles. The lowest BCUT2D eigenvalue weighted by atomic mass is 10.1. The van der Waals surface area contributed by atoms with E-state index in [1.165, 1.54) is 0 Å². The van der Waals surface area contributed by atoms with E-state index in [0.29, 0.717) is 6.10 Å². The summed E-state index contributed by atoms with van der Waals surface area (Å²) in [6, 6.07) is 0. The third kappa shape index (κ3) is 0.501. The molecule has 0 aliphatic carbocycles. The lowest BCUT2D eigenvalue weighted by molar-refractivity contribution is 0.0798. The summed E-state index contributed by atoms with van der Waals surface area (Å²) in [4.78, 5) is 0. The van der Waals surface area contributed by atoms with Crippen LogP contribution in [0.5, 0.6) is 0 Å². The Kier molecular flexibility index (Phi) is 0.746. The summed E-state index contributed by atoms with van der Waals surface area (Å²) in [6.45, 7) is 3.80. The van der Waals surface area contributed by atoms with Crippen molar-refractivity contribution in [2.75, 3.05) is 13.2 Å². The van der Waals surface area contributed by atoms with Gasteiger partial charge in [-0.25, -0.2) is 0 Å². The fraction of sp³-hybridized carbons (Fsp3) is 1.00. The minimum Gasteiger partial charge on any atom is -0.378 e. The molecule has 2 fully saturated rings. The highest BCUT2D eigenvalue weighted by atomic mass is 16.6. The van der Waals surface area contributed by atoms with Gasteiger partial charge in [0, 0.05) is 6.61 Å². The topological polar surface area (TPSA) is 21.8 Å². The normalized spacial score (nSPS) is 52.9. The van der Waals surface area contributed by atoms with E-state index in [0.717, 1.165) is 19.6 Å². The Morgan fingerprint density at radius 2 is 2.50 bits per heavy atom. The van der Waals surface area contributed by atoms with Gasteiger partial charge < -0.3 is 9.47 Å². The number of epoxide rings is 1. The molecule has 2 aliphatic heterocycles. The van der Waals surface area contributed by atoms with Gasteiger partial charge in [-0.2, -0.15) is 0 Å². The molecule has 0 spiro atoms. The van der Waals surface area contributed by atoms with Crippen molar-refractivity contribution < 1.29 is 9.47 Å². The maximum Gasteiger partial charge on any atom is 0.115 e. The lowest BCUT2D eigenvalue weighted by Crippen LogP contribution is -2.24. The molecule has 2 heterocycles. The number of hydrogen-bond acceptors (Lipinski definition) is 2. The Balaban J connectivity index is 2.04. The molecule has 2 saturated heterocycles. The second-order valence-corrected chi connectivity index (χ2v) is 2.76. The minimum absolute atomic E-state index is 0.123. The fourth-order valence-electron chi connectivity index (χ4n) is 1.25. The smallest absolute Gasteiger partial charge is 0.115 e. The second-order valence-electron chi connectivity index (χ2n) is 2.76. The van der Waals surface area contributed by atoms with Crippen molar-refractivity contribution in [2.45, 2.75) is 25.0 Å². The van der Waals surface area contributed by atoms with E-state index in [-0.39, 0.29) is 5.60 Å². The number of fused-ring (bicyclic) bond motifs is 1. The summed E-state index contributed by atoms with van der Waals surface area (Å²) in [5.74, 6) is 0. The number of hydrogen-bond donors (Lipinski definition) is 0. The molecule has 2 aliphatic rings. The van der Waals surface area contributed by atoms with Gasteiger partial charge in [-0.15, -0.1) is 0 Å². The highest BCUT2D eigenvalue weighted by Crippen LogP contribution is 2.41. The molecule has 0 amide bonds. The zero-order chi connectivity index (χ0) is 5.61. The molecule has 0 aromatic rings. The maximum atomic E-state index is 5.34. The van der Waals surface area contributed by atoms with Crippen LogP contribution >= 0.6 is 0 Å². The van der Waals surface area contributed by atoms with Crippen molar-refractivity contribution in [2.24, 2.45) is 0 Å². The third-order valence-corrected chi connectivity index (χ3v) is 1.95. The van der Waals surface area contributed by atoms with E-state index in [2.05, 4.69) is 6.92 Å². The first kappa shape index (κ1) is 4.77. The molecule has 0 N–H and O–H groups in total. The average molecular weight is 114 g/mol. The van der Waals surface area contributed by atoms with Crippen molar-refractivity contribution in [3.8, 4) is 0 Å². The van der Waals surface area contributed by atoms with Gasteiger partial charge in [-0.3, -0.25) is 0 Å². The summed E-state index contributed by atoms with van der Waals surface area (Å²) in [7, 11) is 0. The van der Waals surface area contributed by atoms with Gasteiger partial charge in [0.2, 0.25) is 0 Å². The quantitative estimate of drug-likeness (QED) is 0.429. The zero-order valence-electron chi connectivity index (χ0n) is 5.02. The first-order valence-corrected chi connectivity index (χ1v) is 3.07. The molecule has 0 radical (unpaired) electrons. The third-order valence-electron chi connectivity index (χ3n) is 1.95. The fourth-order valence-corrected chi connectivity index (χ4v) is 1.25. The molecule has 46 valence electrons. The Labute approximate surface area is 48.8 Å². The average Bonchev–Trinajstić information content (AvgIpc) is 2.39.